The van der Waals surface area contributed by atoms with Crippen molar-refractivity contribution < 1.29 is 9.66 Å². The third-order valence-electron chi connectivity index (χ3n) is 2.06. The van der Waals surface area contributed by atoms with Gasteiger partial charge in [-0.1, -0.05) is 12.1 Å². The van der Waals surface area contributed by atoms with Crippen molar-refractivity contribution in [3.8, 4) is 5.75 Å². The Labute approximate surface area is 92.8 Å². The molecule has 0 N–H and O–H groups in total. The molecule has 1 rings (SSSR count). The molecule has 0 unspecified atom stereocenters. The topological polar surface area (TPSA) is 52.4 Å². The van der Waals surface area contributed by atoms with E-state index in [0.717, 1.165) is 11.3 Å². The third-order valence-corrected chi connectivity index (χ3v) is 2.67. The van der Waals surface area contributed by atoms with E-state index >= 15 is 0 Å². The van der Waals surface area contributed by atoms with Gasteiger partial charge in [-0.05, 0) is 24.5 Å². The Hall–Kier alpha value is -1.23. The van der Waals surface area contributed by atoms with Gasteiger partial charge < -0.3 is 4.74 Å². The molecule has 0 aliphatic rings. The van der Waals surface area contributed by atoms with Crippen LogP contribution in [0.2, 0.25) is 0 Å². The van der Waals surface area contributed by atoms with E-state index in [4.69, 9.17) is 4.74 Å². The number of para-hydroxylation sites is 1. The quantitative estimate of drug-likeness (QED) is 0.573. The summed E-state index contributed by atoms with van der Waals surface area (Å²) in [5.41, 5.74) is 0.822. The monoisotopic (exact) mass is 227 g/mol. The van der Waals surface area contributed by atoms with Crippen LogP contribution >= 0.6 is 11.8 Å². The first kappa shape index (κ1) is 11.8. The molecule has 0 spiro atoms. The molecule has 0 saturated heterocycles. The Morgan fingerprint density at radius 3 is 2.80 bits per heavy atom. The fourth-order valence-corrected chi connectivity index (χ4v) is 1.78. The predicted octanol–water partition coefficient (Wildman–Crippen LogP) is 2.51. The number of benzene rings is 1. The molecule has 4 nitrogen and oxygen atoms in total. The van der Waals surface area contributed by atoms with E-state index in [1.807, 2.05) is 6.26 Å². The van der Waals surface area contributed by atoms with Gasteiger partial charge >= 0.3 is 5.69 Å². The number of hydrogen-bond donors (Lipinski definition) is 0. The van der Waals surface area contributed by atoms with Crippen LogP contribution in [0.25, 0.3) is 0 Å². The first-order valence-corrected chi connectivity index (χ1v) is 5.89. The average Bonchev–Trinajstić information content (AvgIpc) is 2.25. The Morgan fingerprint density at radius 2 is 2.27 bits per heavy atom. The summed E-state index contributed by atoms with van der Waals surface area (Å²) in [6.07, 6.45) is 2.67. The molecule has 0 fully saturated rings. The number of hydrogen-bond acceptors (Lipinski definition) is 4. The molecule has 1 aromatic carbocycles. The number of nitrogens with zero attached hydrogens (tertiary/aromatic N) is 1. The fourth-order valence-electron chi connectivity index (χ4n) is 1.35. The largest absolute Gasteiger partial charge is 0.490 e. The van der Waals surface area contributed by atoms with Crippen LogP contribution in [0, 0.1) is 10.1 Å². The van der Waals surface area contributed by atoms with Gasteiger partial charge in [0.05, 0.1) is 12.0 Å². The molecule has 82 valence electrons. The zero-order valence-corrected chi connectivity index (χ0v) is 9.54. The first-order chi connectivity index (χ1) is 7.20. The lowest BCUT2D eigenvalue weighted by Gasteiger charge is -2.05. The molecule has 0 bridgehead atoms. The van der Waals surface area contributed by atoms with E-state index in [1.54, 1.807) is 30.0 Å². The number of ether oxygens (including phenoxy) is 1. The second-order valence-corrected chi connectivity index (χ2v) is 3.95. The molecule has 5 heteroatoms. The first-order valence-electron chi connectivity index (χ1n) is 4.50. The number of thioether (sulfide) groups is 1. The third kappa shape index (κ3) is 2.86. The number of methoxy groups -OCH3 is 1. The Balaban J connectivity index is 3.07. The fraction of sp³-hybridized carbons (Fsp3) is 0.400. The van der Waals surface area contributed by atoms with Crippen molar-refractivity contribution in [1.82, 2.24) is 0 Å². The van der Waals surface area contributed by atoms with Gasteiger partial charge in [0.15, 0.2) is 5.75 Å². The van der Waals surface area contributed by atoms with Crippen molar-refractivity contribution >= 4 is 17.4 Å². The minimum absolute atomic E-state index is 0.0917. The van der Waals surface area contributed by atoms with Crippen LogP contribution in [0.5, 0.6) is 5.75 Å². The Bertz CT molecular complexity index is 355. The van der Waals surface area contributed by atoms with Gasteiger partial charge in [0.25, 0.3) is 0 Å². The molecular weight excluding hydrogens is 214 g/mol. The summed E-state index contributed by atoms with van der Waals surface area (Å²) in [5.74, 6) is 1.20. The highest BCUT2D eigenvalue weighted by Gasteiger charge is 2.19. The van der Waals surface area contributed by atoms with Crippen LogP contribution in [0.3, 0.4) is 0 Å². The lowest BCUT2D eigenvalue weighted by Crippen LogP contribution is -2.00. The summed E-state index contributed by atoms with van der Waals surface area (Å²) in [6, 6.07) is 5.17. The highest BCUT2D eigenvalue weighted by atomic mass is 32.2. The zero-order valence-electron chi connectivity index (χ0n) is 8.73. The Morgan fingerprint density at radius 1 is 1.53 bits per heavy atom. The standard InChI is InChI=1S/C10H13NO3S/c1-14-9-5-3-4-8(6-7-15-2)10(9)11(12)13/h3-5H,6-7H2,1-2H3. The van der Waals surface area contributed by atoms with Crippen molar-refractivity contribution in [2.45, 2.75) is 6.42 Å². The van der Waals surface area contributed by atoms with Crippen LogP contribution in [-0.4, -0.2) is 24.0 Å². The van der Waals surface area contributed by atoms with Crippen LogP contribution in [-0.2, 0) is 6.42 Å². The molecule has 0 aromatic heterocycles. The van der Waals surface area contributed by atoms with Gasteiger partial charge in [0.1, 0.15) is 0 Å². The van der Waals surface area contributed by atoms with Gasteiger partial charge in [-0.15, -0.1) is 0 Å². The van der Waals surface area contributed by atoms with Gasteiger partial charge in [-0.3, -0.25) is 10.1 Å². The lowest BCUT2D eigenvalue weighted by atomic mass is 10.1. The smallest absolute Gasteiger partial charge is 0.314 e. The molecule has 0 heterocycles. The van der Waals surface area contributed by atoms with Crippen molar-refractivity contribution in [3.05, 3.63) is 33.9 Å². The summed E-state index contributed by atoms with van der Waals surface area (Å²) in [7, 11) is 1.45. The second-order valence-electron chi connectivity index (χ2n) is 2.97. The van der Waals surface area contributed by atoms with Crippen LogP contribution < -0.4 is 4.74 Å². The van der Waals surface area contributed by atoms with E-state index in [2.05, 4.69) is 0 Å². The van der Waals surface area contributed by atoms with E-state index < -0.39 is 0 Å². The van der Waals surface area contributed by atoms with Crippen molar-refractivity contribution in [3.63, 3.8) is 0 Å². The zero-order chi connectivity index (χ0) is 11.3. The van der Waals surface area contributed by atoms with E-state index in [1.165, 1.54) is 7.11 Å². The number of nitro groups is 1. The maximum atomic E-state index is 10.9. The summed E-state index contributed by atoms with van der Waals surface area (Å²) in [5, 5.41) is 10.9. The second kappa shape index (κ2) is 5.60. The maximum Gasteiger partial charge on any atom is 0.314 e. The van der Waals surface area contributed by atoms with Crippen molar-refractivity contribution in [2.75, 3.05) is 19.1 Å². The van der Waals surface area contributed by atoms with Crippen LogP contribution in [0.15, 0.2) is 18.2 Å². The summed E-state index contributed by atoms with van der Waals surface area (Å²) < 4.78 is 4.98. The van der Waals surface area contributed by atoms with E-state index in [9.17, 15) is 10.1 Å². The predicted molar refractivity (Wildman–Crippen MR) is 61.7 cm³/mol. The molecule has 0 atom stereocenters. The maximum absolute atomic E-state index is 10.9. The van der Waals surface area contributed by atoms with Gasteiger partial charge in [-0.2, -0.15) is 11.8 Å². The minimum Gasteiger partial charge on any atom is -0.490 e. The molecule has 0 saturated carbocycles. The van der Waals surface area contributed by atoms with Gasteiger partial charge in [0.2, 0.25) is 0 Å². The molecule has 0 aliphatic carbocycles. The number of nitro benzene ring substituents is 1. The van der Waals surface area contributed by atoms with Crippen LogP contribution in [0.1, 0.15) is 5.56 Å². The van der Waals surface area contributed by atoms with Crippen molar-refractivity contribution in [1.29, 1.82) is 0 Å². The highest BCUT2D eigenvalue weighted by molar-refractivity contribution is 7.98. The van der Waals surface area contributed by atoms with E-state index in [-0.39, 0.29) is 10.6 Å². The summed E-state index contributed by atoms with van der Waals surface area (Å²) in [6.45, 7) is 0. The molecular formula is C10H13NO3S. The normalized spacial score (nSPS) is 10.0. The molecule has 15 heavy (non-hydrogen) atoms. The minimum atomic E-state index is -0.380. The summed E-state index contributed by atoms with van der Waals surface area (Å²) in [4.78, 5) is 10.5. The summed E-state index contributed by atoms with van der Waals surface area (Å²) >= 11 is 1.67. The number of aryl methyl sites for hydroxylation is 1. The van der Waals surface area contributed by atoms with Gasteiger partial charge in [0, 0.05) is 5.56 Å². The average molecular weight is 227 g/mol. The molecule has 0 radical (unpaired) electrons. The van der Waals surface area contributed by atoms with Crippen molar-refractivity contribution in [2.24, 2.45) is 0 Å². The lowest BCUT2D eigenvalue weighted by molar-refractivity contribution is -0.386. The molecule has 0 amide bonds. The molecule has 1 aromatic rings. The SMILES string of the molecule is COc1cccc(CCSC)c1[N+](=O)[O-]. The molecule has 0 aliphatic heterocycles. The van der Waals surface area contributed by atoms with Crippen LogP contribution in [0.4, 0.5) is 5.69 Å². The van der Waals surface area contributed by atoms with E-state index in [0.29, 0.717) is 12.2 Å². The highest BCUT2D eigenvalue weighted by Crippen LogP contribution is 2.31. The Kier molecular flexibility index (Phi) is 4.42. The number of rotatable bonds is 5. The van der Waals surface area contributed by atoms with Gasteiger partial charge in [-0.25, -0.2) is 0 Å².